The average molecular weight is 298 g/mol. The van der Waals surface area contributed by atoms with Crippen LogP contribution >= 0.6 is 15.9 Å². The molecule has 0 aliphatic rings. The molecule has 1 heterocycles. The van der Waals surface area contributed by atoms with Crippen LogP contribution in [0.5, 0.6) is 0 Å². The number of aryl methyl sites for hydroxylation is 1. The number of carbonyl (C=O) groups is 1. The van der Waals surface area contributed by atoms with Crippen LogP contribution in [0.2, 0.25) is 0 Å². The van der Waals surface area contributed by atoms with Crippen LogP contribution in [-0.4, -0.2) is 17.6 Å². The molecule has 0 spiro atoms. The van der Waals surface area contributed by atoms with Crippen molar-refractivity contribution >= 4 is 28.0 Å². The van der Waals surface area contributed by atoms with Gasteiger partial charge in [0.15, 0.2) is 0 Å². The fourth-order valence-corrected chi connectivity index (χ4v) is 1.49. The van der Waals surface area contributed by atoms with Gasteiger partial charge >= 0.3 is 5.97 Å². The van der Waals surface area contributed by atoms with Crippen LogP contribution < -0.4 is 0 Å². The summed E-state index contributed by atoms with van der Waals surface area (Å²) >= 11 is 3.20. The summed E-state index contributed by atoms with van der Waals surface area (Å²) in [7, 11) is 0. The van der Waals surface area contributed by atoms with Crippen molar-refractivity contribution < 1.29 is 9.53 Å². The second-order valence-electron chi connectivity index (χ2n) is 4.19. The Balaban J connectivity index is 2.68. The van der Waals surface area contributed by atoms with E-state index >= 15 is 0 Å². The van der Waals surface area contributed by atoms with E-state index in [1.807, 2.05) is 39.0 Å². The lowest BCUT2D eigenvalue weighted by molar-refractivity contribution is -0.139. The molecule has 0 aromatic carbocycles. The number of carbonyl (C=O) groups excluding carboxylic acids is 1. The molecule has 0 N–H and O–H groups in total. The van der Waals surface area contributed by atoms with Crippen LogP contribution in [0.1, 0.15) is 25.2 Å². The summed E-state index contributed by atoms with van der Waals surface area (Å²) < 4.78 is 5.47. The Bertz CT molecular complexity index is 427. The minimum atomic E-state index is -0.359. The molecule has 4 heteroatoms. The Morgan fingerprint density at radius 3 is 2.82 bits per heavy atom. The van der Waals surface area contributed by atoms with Crippen molar-refractivity contribution in [3.63, 3.8) is 0 Å². The van der Waals surface area contributed by atoms with Gasteiger partial charge in [-0.3, -0.25) is 4.98 Å². The van der Waals surface area contributed by atoms with E-state index in [4.69, 9.17) is 4.74 Å². The molecule has 17 heavy (non-hydrogen) atoms. The first-order valence-electron chi connectivity index (χ1n) is 5.47. The third-order valence-electron chi connectivity index (χ3n) is 1.93. The monoisotopic (exact) mass is 297 g/mol. The molecule has 0 aliphatic carbocycles. The number of aromatic nitrogens is 1. The number of esters is 1. The highest BCUT2D eigenvalue weighted by molar-refractivity contribution is 9.12. The summed E-state index contributed by atoms with van der Waals surface area (Å²) in [6.45, 7) is 6.31. The van der Waals surface area contributed by atoms with E-state index in [2.05, 4.69) is 20.9 Å². The smallest absolute Gasteiger partial charge is 0.345 e. The standard InChI is InChI=1S/C13H16BrNO2/c1-9(2)8-17-13(16)12(14)7-11-6-4-5-10(3)15-11/h4-7,9H,8H2,1-3H3/b12-7-. The summed E-state index contributed by atoms with van der Waals surface area (Å²) in [6, 6.07) is 5.64. The molecule has 0 atom stereocenters. The van der Waals surface area contributed by atoms with Gasteiger partial charge in [-0.15, -0.1) is 0 Å². The predicted molar refractivity (Wildman–Crippen MR) is 71.7 cm³/mol. The molecule has 0 amide bonds. The van der Waals surface area contributed by atoms with Gasteiger partial charge in [0.05, 0.1) is 12.3 Å². The van der Waals surface area contributed by atoms with E-state index in [0.29, 0.717) is 17.0 Å². The summed E-state index contributed by atoms with van der Waals surface area (Å²) in [4.78, 5) is 15.8. The largest absolute Gasteiger partial charge is 0.461 e. The van der Waals surface area contributed by atoms with Crippen molar-refractivity contribution in [2.75, 3.05) is 6.61 Å². The zero-order chi connectivity index (χ0) is 12.8. The fourth-order valence-electron chi connectivity index (χ4n) is 1.14. The lowest BCUT2D eigenvalue weighted by Gasteiger charge is -2.06. The first kappa shape index (κ1) is 13.9. The number of hydrogen-bond donors (Lipinski definition) is 0. The van der Waals surface area contributed by atoms with Crippen LogP contribution in [0.4, 0.5) is 0 Å². The molecule has 0 radical (unpaired) electrons. The van der Waals surface area contributed by atoms with E-state index in [1.54, 1.807) is 6.08 Å². The highest BCUT2D eigenvalue weighted by Crippen LogP contribution is 2.13. The number of pyridine rings is 1. The number of rotatable bonds is 4. The molecule has 0 unspecified atom stereocenters. The van der Waals surface area contributed by atoms with Gasteiger partial charge in [0, 0.05) is 5.69 Å². The second kappa shape index (κ2) is 6.55. The highest BCUT2D eigenvalue weighted by Gasteiger charge is 2.08. The molecule has 0 saturated heterocycles. The van der Waals surface area contributed by atoms with Crippen molar-refractivity contribution in [3.05, 3.63) is 34.1 Å². The summed E-state index contributed by atoms with van der Waals surface area (Å²) in [5.41, 5.74) is 1.65. The van der Waals surface area contributed by atoms with Crippen LogP contribution in [0.15, 0.2) is 22.7 Å². The maximum absolute atomic E-state index is 11.6. The summed E-state index contributed by atoms with van der Waals surface area (Å²) in [5, 5.41) is 0. The van der Waals surface area contributed by atoms with Gasteiger partial charge in [-0.25, -0.2) is 4.79 Å². The van der Waals surface area contributed by atoms with Gasteiger partial charge in [0.25, 0.3) is 0 Å². The third kappa shape index (κ3) is 5.13. The summed E-state index contributed by atoms with van der Waals surface area (Å²) in [5.74, 6) is -0.0293. The van der Waals surface area contributed by atoms with Crippen molar-refractivity contribution in [1.82, 2.24) is 4.98 Å². The van der Waals surface area contributed by atoms with Gasteiger partial charge in [-0.2, -0.15) is 0 Å². The molecule has 1 rings (SSSR count). The second-order valence-corrected chi connectivity index (χ2v) is 5.04. The van der Waals surface area contributed by atoms with Crippen LogP contribution in [0, 0.1) is 12.8 Å². The van der Waals surface area contributed by atoms with E-state index in [-0.39, 0.29) is 5.97 Å². The van der Waals surface area contributed by atoms with E-state index in [1.165, 1.54) is 0 Å². The van der Waals surface area contributed by atoms with Gasteiger partial charge in [0.1, 0.15) is 4.48 Å². The molecule has 0 saturated carbocycles. The topological polar surface area (TPSA) is 39.2 Å². The van der Waals surface area contributed by atoms with Gasteiger partial charge in [0.2, 0.25) is 0 Å². The minimum Gasteiger partial charge on any atom is -0.461 e. The van der Waals surface area contributed by atoms with Crippen LogP contribution in [0.25, 0.3) is 6.08 Å². The van der Waals surface area contributed by atoms with Crippen molar-refractivity contribution in [2.45, 2.75) is 20.8 Å². The Labute approximate surface area is 110 Å². The molecule has 92 valence electrons. The quantitative estimate of drug-likeness (QED) is 0.632. The summed E-state index contributed by atoms with van der Waals surface area (Å²) in [6.07, 6.45) is 1.66. The molecule has 1 aromatic rings. The first-order chi connectivity index (χ1) is 7.99. The Hall–Kier alpha value is -1.16. The van der Waals surface area contributed by atoms with Crippen LogP contribution in [-0.2, 0) is 9.53 Å². The molecule has 0 bridgehead atoms. The van der Waals surface area contributed by atoms with Crippen molar-refractivity contribution in [3.8, 4) is 0 Å². The minimum absolute atomic E-state index is 0.330. The Morgan fingerprint density at radius 2 is 2.24 bits per heavy atom. The maximum Gasteiger partial charge on any atom is 0.345 e. The molecule has 3 nitrogen and oxygen atoms in total. The van der Waals surface area contributed by atoms with Crippen molar-refractivity contribution in [1.29, 1.82) is 0 Å². The molecule has 0 fully saturated rings. The number of ether oxygens (including phenoxy) is 1. The maximum atomic E-state index is 11.6. The van der Waals surface area contributed by atoms with Gasteiger partial charge < -0.3 is 4.74 Å². The lowest BCUT2D eigenvalue weighted by Crippen LogP contribution is -2.09. The Kier molecular flexibility index (Phi) is 5.35. The van der Waals surface area contributed by atoms with E-state index in [9.17, 15) is 4.79 Å². The third-order valence-corrected chi connectivity index (χ3v) is 2.48. The zero-order valence-electron chi connectivity index (χ0n) is 10.2. The van der Waals surface area contributed by atoms with Gasteiger partial charge in [-0.1, -0.05) is 19.9 Å². The first-order valence-corrected chi connectivity index (χ1v) is 6.26. The fraction of sp³-hybridized carbons (Fsp3) is 0.385. The highest BCUT2D eigenvalue weighted by atomic mass is 79.9. The number of halogens is 1. The lowest BCUT2D eigenvalue weighted by atomic mass is 10.2. The molecule has 1 aromatic heterocycles. The average Bonchev–Trinajstić information content (AvgIpc) is 2.25. The molecular formula is C13H16BrNO2. The normalized spacial score (nSPS) is 11.7. The predicted octanol–water partition coefficient (Wildman–Crippen LogP) is 3.33. The van der Waals surface area contributed by atoms with Crippen LogP contribution in [0.3, 0.4) is 0 Å². The van der Waals surface area contributed by atoms with Gasteiger partial charge in [-0.05, 0) is 47.0 Å². The van der Waals surface area contributed by atoms with Crippen molar-refractivity contribution in [2.24, 2.45) is 5.92 Å². The van der Waals surface area contributed by atoms with E-state index < -0.39 is 0 Å². The number of nitrogens with zero attached hydrogens (tertiary/aromatic N) is 1. The van der Waals surface area contributed by atoms with E-state index in [0.717, 1.165) is 11.4 Å². The SMILES string of the molecule is Cc1cccc(/C=C(\Br)C(=O)OCC(C)C)n1. The molecule has 0 aliphatic heterocycles. The molecular weight excluding hydrogens is 282 g/mol. The zero-order valence-corrected chi connectivity index (χ0v) is 11.8. The Morgan fingerprint density at radius 1 is 1.53 bits per heavy atom. The number of hydrogen-bond acceptors (Lipinski definition) is 3.